The highest BCUT2D eigenvalue weighted by Gasteiger charge is 2.31. The van der Waals surface area contributed by atoms with Crippen LogP contribution in [0.5, 0.6) is 0 Å². The lowest BCUT2D eigenvalue weighted by Gasteiger charge is -2.16. The van der Waals surface area contributed by atoms with Gasteiger partial charge in [-0.15, -0.1) is 0 Å². The van der Waals surface area contributed by atoms with Gasteiger partial charge in [0, 0.05) is 19.3 Å². The van der Waals surface area contributed by atoms with E-state index < -0.39 is 0 Å². The smallest absolute Gasteiger partial charge is 0.116 e. The Hall–Kier alpha value is -1.46. The summed E-state index contributed by atoms with van der Waals surface area (Å²) in [5, 5.41) is 3.29. The molecule has 2 atom stereocenters. The Balaban J connectivity index is 2.08. The minimum Gasteiger partial charge on any atom is -0.379 e. The molecule has 1 N–H and O–H groups in total. The monoisotopic (exact) mass is 232 g/mol. The molecule has 3 rings (SSSR count). The molecule has 0 saturated carbocycles. The maximum absolute atomic E-state index is 5.53. The van der Waals surface area contributed by atoms with E-state index >= 15 is 0 Å². The molecule has 0 amide bonds. The minimum atomic E-state index is 0.317. The van der Waals surface area contributed by atoms with Gasteiger partial charge in [-0.3, -0.25) is 4.98 Å². The van der Waals surface area contributed by atoms with Gasteiger partial charge in [-0.05, 0) is 13.1 Å². The zero-order valence-corrected chi connectivity index (χ0v) is 10.1. The number of hydrogen-bond acceptors (Lipinski definition) is 4. The summed E-state index contributed by atoms with van der Waals surface area (Å²) in [6.07, 6.45) is 3.61. The fourth-order valence-electron chi connectivity index (χ4n) is 2.50. The van der Waals surface area contributed by atoms with Gasteiger partial charge in [0.15, 0.2) is 0 Å². The van der Waals surface area contributed by atoms with Gasteiger partial charge in [-0.25, -0.2) is 4.98 Å². The number of imidazole rings is 1. The van der Waals surface area contributed by atoms with Crippen molar-refractivity contribution >= 4 is 11.0 Å². The van der Waals surface area contributed by atoms with Gasteiger partial charge >= 0.3 is 0 Å². The molecule has 3 heterocycles. The molecule has 0 aromatic carbocycles. The van der Waals surface area contributed by atoms with Crippen molar-refractivity contribution in [2.45, 2.75) is 12.0 Å². The first kappa shape index (κ1) is 10.7. The van der Waals surface area contributed by atoms with E-state index in [-0.39, 0.29) is 0 Å². The van der Waals surface area contributed by atoms with E-state index in [2.05, 4.69) is 26.9 Å². The molecule has 2 unspecified atom stereocenters. The number of rotatable bonds is 2. The maximum atomic E-state index is 5.53. The number of ether oxygens (including phenoxy) is 1. The third-order valence-electron chi connectivity index (χ3n) is 3.50. The normalized spacial score (nSPS) is 24.6. The average Bonchev–Trinajstić information content (AvgIpc) is 2.94. The summed E-state index contributed by atoms with van der Waals surface area (Å²) in [6.45, 7) is 1.48. The fraction of sp³-hybridized carbons (Fsp3) is 0.500. The Morgan fingerprint density at radius 1 is 1.47 bits per heavy atom. The van der Waals surface area contributed by atoms with Gasteiger partial charge in [0.25, 0.3) is 0 Å². The number of hydrogen-bond donors (Lipinski definition) is 1. The highest BCUT2D eigenvalue weighted by Crippen LogP contribution is 2.27. The Morgan fingerprint density at radius 3 is 3.12 bits per heavy atom. The molecule has 0 radical (unpaired) electrons. The van der Waals surface area contributed by atoms with Crippen LogP contribution in [-0.2, 0) is 11.8 Å². The number of pyridine rings is 1. The van der Waals surface area contributed by atoms with Crippen LogP contribution in [0.4, 0.5) is 0 Å². The van der Waals surface area contributed by atoms with Crippen molar-refractivity contribution in [1.29, 1.82) is 0 Å². The van der Waals surface area contributed by atoms with Crippen molar-refractivity contribution in [2.75, 3.05) is 20.3 Å². The lowest BCUT2D eigenvalue weighted by molar-refractivity contribution is 0.188. The van der Waals surface area contributed by atoms with Gasteiger partial charge in [0.1, 0.15) is 11.3 Å². The summed E-state index contributed by atoms with van der Waals surface area (Å²) in [7, 11) is 4.02. The molecule has 0 spiro atoms. The summed E-state index contributed by atoms with van der Waals surface area (Å²) in [4.78, 5) is 8.78. The zero-order chi connectivity index (χ0) is 11.8. The molecule has 0 aliphatic carbocycles. The molecule has 17 heavy (non-hydrogen) atoms. The third kappa shape index (κ3) is 1.62. The summed E-state index contributed by atoms with van der Waals surface area (Å²) in [6, 6.07) is 2.34. The van der Waals surface area contributed by atoms with Crippen LogP contribution in [0, 0.1) is 0 Å². The molecule has 90 valence electrons. The molecular weight excluding hydrogens is 216 g/mol. The topological polar surface area (TPSA) is 52.0 Å². The van der Waals surface area contributed by atoms with Crippen LogP contribution in [0.15, 0.2) is 18.5 Å². The Morgan fingerprint density at radius 2 is 2.35 bits per heavy atom. The van der Waals surface area contributed by atoms with E-state index in [1.807, 2.05) is 19.3 Å². The largest absolute Gasteiger partial charge is 0.379 e. The summed E-state index contributed by atoms with van der Waals surface area (Å²) in [5.74, 6) is 1.39. The second-order valence-electron chi connectivity index (χ2n) is 4.43. The number of nitrogens with zero attached hydrogens (tertiary/aromatic N) is 3. The average molecular weight is 232 g/mol. The molecule has 2 aromatic rings. The van der Waals surface area contributed by atoms with E-state index in [4.69, 9.17) is 4.74 Å². The molecule has 1 saturated heterocycles. The lowest BCUT2D eigenvalue weighted by Crippen LogP contribution is -2.32. The lowest BCUT2D eigenvalue weighted by atomic mass is 10.0. The van der Waals surface area contributed by atoms with Gasteiger partial charge in [0.2, 0.25) is 0 Å². The predicted octanol–water partition coefficient (Wildman–Crippen LogP) is 0.670. The van der Waals surface area contributed by atoms with Crippen LogP contribution in [0.3, 0.4) is 0 Å². The molecular formula is C12H16N4O. The SMILES string of the molecule is CNC1COCC1c1nc2cnccc2n1C. The van der Waals surface area contributed by atoms with Crippen LogP contribution in [0.25, 0.3) is 11.0 Å². The third-order valence-corrected chi connectivity index (χ3v) is 3.50. The summed E-state index contributed by atoms with van der Waals surface area (Å²) < 4.78 is 7.67. The summed E-state index contributed by atoms with van der Waals surface area (Å²) >= 11 is 0. The fourth-order valence-corrected chi connectivity index (χ4v) is 2.50. The van der Waals surface area contributed by atoms with Crippen LogP contribution in [0.2, 0.25) is 0 Å². The van der Waals surface area contributed by atoms with E-state index in [0.29, 0.717) is 12.0 Å². The van der Waals surface area contributed by atoms with Crippen molar-refractivity contribution in [2.24, 2.45) is 7.05 Å². The Bertz CT molecular complexity index is 536. The number of nitrogens with one attached hydrogen (secondary N) is 1. The van der Waals surface area contributed by atoms with E-state index in [1.165, 1.54) is 0 Å². The molecule has 2 aromatic heterocycles. The van der Waals surface area contributed by atoms with E-state index in [0.717, 1.165) is 30.1 Å². The first-order valence-electron chi connectivity index (χ1n) is 5.82. The maximum Gasteiger partial charge on any atom is 0.116 e. The highest BCUT2D eigenvalue weighted by molar-refractivity contribution is 5.74. The zero-order valence-electron chi connectivity index (χ0n) is 10.1. The second kappa shape index (κ2) is 4.09. The van der Waals surface area contributed by atoms with Gasteiger partial charge in [-0.2, -0.15) is 0 Å². The first-order chi connectivity index (χ1) is 8.31. The van der Waals surface area contributed by atoms with Crippen molar-refractivity contribution in [3.63, 3.8) is 0 Å². The van der Waals surface area contributed by atoms with E-state index in [9.17, 15) is 0 Å². The standard InChI is InChI=1S/C12H16N4O/c1-13-10-7-17-6-8(10)12-15-9-5-14-4-3-11(9)16(12)2/h3-5,8,10,13H,6-7H2,1-2H3. The van der Waals surface area contributed by atoms with Gasteiger partial charge in [0.05, 0.1) is 30.8 Å². The quantitative estimate of drug-likeness (QED) is 0.827. The van der Waals surface area contributed by atoms with Crippen LogP contribution < -0.4 is 5.32 Å². The van der Waals surface area contributed by atoms with Gasteiger partial charge in [-0.1, -0.05) is 0 Å². The number of fused-ring (bicyclic) bond motifs is 1. The van der Waals surface area contributed by atoms with E-state index in [1.54, 1.807) is 6.20 Å². The second-order valence-corrected chi connectivity index (χ2v) is 4.43. The van der Waals surface area contributed by atoms with Crippen LogP contribution in [-0.4, -0.2) is 40.8 Å². The van der Waals surface area contributed by atoms with Crippen molar-refractivity contribution in [3.05, 3.63) is 24.3 Å². The predicted molar refractivity (Wildman–Crippen MR) is 64.9 cm³/mol. The van der Waals surface area contributed by atoms with Crippen molar-refractivity contribution in [1.82, 2.24) is 19.9 Å². The van der Waals surface area contributed by atoms with Gasteiger partial charge < -0.3 is 14.6 Å². The van der Waals surface area contributed by atoms with Crippen molar-refractivity contribution < 1.29 is 4.74 Å². The number of likely N-dealkylation sites (N-methyl/N-ethyl adjacent to an activating group) is 1. The summed E-state index contributed by atoms with van der Waals surface area (Å²) in [5.41, 5.74) is 2.07. The van der Waals surface area contributed by atoms with Crippen LogP contribution >= 0.6 is 0 Å². The molecule has 1 aliphatic rings. The highest BCUT2D eigenvalue weighted by atomic mass is 16.5. The van der Waals surface area contributed by atoms with Crippen molar-refractivity contribution in [3.8, 4) is 0 Å². The Kier molecular flexibility index (Phi) is 2.57. The minimum absolute atomic E-state index is 0.317. The number of aryl methyl sites for hydroxylation is 1. The molecule has 0 bridgehead atoms. The Labute approximate surface area is 99.8 Å². The molecule has 5 nitrogen and oxygen atoms in total. The molecule has 1 fully saturated rings. The molecule has 5 heteroatoms. The first-order valence-corrected chi connectivity index (χ1v) is 5.82. The molecule has 1 aliphatic heterocycles. The van der Waals surface area contributed by atoms with Crippen LogP contribution in [0.1, 0.15) is 11.7 Å². The number of aromatic nitrogens is 3.